The highest BCUT2D eigenvalue weighted by molar-refractivity contribution is 6.63. The van der Waals surface area contributed by atoms with Gasteiger partial charge in [-0.1, -0.05) is 48.5 Å². The minimum absolute atomic E-state index is 0.373. The number of nitrogens with zero attached hydrogens (tertiary/aromatic N) is 1. The molecule has 29 heavy (non-hydrogen) atoms. The molecule has 1 aromatic heterocycles. The van der Waals surface area contributed by atoms with Gasteiger partial charge in [-0.3, -0.25) is 0 Å². The Balaban J connectivity index is 1.79. The molecule has 1 aliphatic rings. The lowest BCUT2D eigenvalue weighted by atomic mass is 9.77. The van der Waals surface area contributed by atoms with Crippen molar-refractivity contribution in [3.63, 3.8) is 0 Å². The highest BCUT2D eigenvalue weighted by Crippen LogP contribution is 2.38. The van der Waals surface area contributed by atoms with Crippen LogP contribution in [-0.2, 0) is 9.31 Å². The van der Waals surface area contributed by atoms with Gasteiger partial charge in [0.2, 0.25) is 0 Å². The summed E-state index contributed by atoms with van der Waals surface area (Å²) in [6.07, 6.45) is 0. The molecule has 1 fully saturated rings. The van der Waals surface area contributed by atoms with E-state index < -0.39 is 7.12 Å². The smallest absolute Gasteiger partial charge is 0.399 e. The molecular weight excluding hydrogens is 357 g/mol. The van der Waals surface area contributed by atoms with Crippen LogP contribution >= 0.6 is 0 Å². The summed E-state index contributed by atoms with van der Waals surface area (Å²) in [4.78, 5) is 0. The van der Waals surface area contributed by atoms with Crippen molar-refractivity contribution >= 4 is 34.4 Å². The fraction of sp³-hybridized carbons (Fsp3) is 0.280. The number of hydrogen-bond acceptors (Lipinski definition) is 2. The van der Waals surface area contributed by atoms with Gasteiger partial charge in [-0.25, -0.2) is 0 Å². The fourth-order valence-electron chi connectivity index (χ4n) is 4.32. The molecule has 0 saturated carbocycles. The van der Waals surface area contributed by atoms with E-state index in [2.05, 4.69) is 106 Å². The van der Waals surface area contributed by atoms with E-state index in [1.807, 2.05) is 0 Å². The number of aromatic nitrogens is 1. The lowest BCUT2D eigenvalue weighted by Crippen LogP contribution is -2.41. The number of rotatable bonds is 2. The number of hydrogen-bond donors (Lipinski definition) is 0. The van der Waals surface area contributed by atoms with Crippen LogP contribution in [0.25, 0.3) is 27.5 Å². The normalized spacial score (nSPS) is 18.0. The predicted octanol–water partition coefficient (Wildman–Crippen LogP) is 5.39. The van der Waals surface area contributed by atoms with Crippen LogP contribution in [-0.4, -0.2) is 22.9 Å². The van der Waals surface area contributed by atoms with E-state index in [1.165, 1.54) is 27.4 Å². The van der Waals surface area contributed by atoms with Crippen molar-refractivity contribution in [2.24, 2.45) is 0 Å². The van der Waals surface area contributed by atoms with Gasteiger partial charge in [-0.2, -0.15) is 0 Å². The lowest BCUT2D eigenvalue weighted by molar-refractivity contribution is 0.00578. The summed E-state index contributed by atoms with van der Waals surface area (Å²) in [6.45, 7) is 10.6. The quantitative estimate of drug-likeness (QED) is 0.433. The summed E-state index contributed by atoms with van der Waals surface area (Å²) in [5.41, 5.74) is 5.09. The Morgan fingerprint density at radius 3 is 2.10 bits per heavy atom. The van der Waals surface area contributed by atoms with E-state index in [9.17, 15) is 0 Å². The molecule has 3 nitrogen and oxygen atoms in total. The van der Waals surface area contributed by atoms with Crippen molar-refractivity contribution in [3.05, 3.63) is 72.3 Å². The van der Waals surface area contributed by atoms with E-state index >= 15 is 0 Å². The summed E-state index contributed by atoms with van der Waals surface area (Å²) in [7, 11) is -0.405. The second-order valence-electron chi connectivity index (χ2n) is 8.97. The standard InChI is InChI=1S/C25H26BNO2/c1-17-11-10-16-22-23(17)18-12-6-8-14-20(18)27(22)21-15-9-7-13-19(21)26-28-24(2,3)25(4,5)29-26/h6-16H,1-5H3. The maximum Gasteiger partial charge on any atom is 0.496 e. The largest absolute Gasteiger partial charge is 0.496 e. The predicted molar refractivity (Wildman–Crippen MR) is 121 cm³/mol. The average Bonchev–Trinajstić information content (AvgIpc) is 3.13. The van der Waals surface area contributed by atoms with E-state index in [0.717, 1.165) is 11.2 Å². The van der Waals surface area contributed by atoms with Gasteiger partial charge in [-0.05, 0) is 58.4 Å². The van der Waals surface area contributed by atoms with Crippen LogP contribution in [0.15, 0.2) is 66.7 Å². The molecule has 2 heterocycles. The van der Waals surface area contributed by atoms with Gasteiger partial charge in [-0.15, -0.1) is 0 Å². The zero-order valence-electron chi connectivity index (χ0n) is 17.7. The van der Waals surface area contributed by atoms with Crippen molar-refractivity contribution in [2.75, 3.05) is 0 Å². The molecule has 1 aliphatic heterocycles. The first-order valence-corrected chi connectivity index (χ1v) is 10.2. The first kappa shape index (κ1) is 18.5. The molecule has 0 aliphatic carbocycles. The molecule has 0 N–H and O–H groups in total. The topological polar surface area (TPSA) is 23.4 Å². The maximum absolute atomic E-state index is 6.40. The van der Waals surface area contributed by atoms with E-state index in [0.29, 0.717) is 0 Å². The van der Waals surface area contributed by atoms with E-state index in [4.69, 9.17) is 9.31 Å². The van der Waals surface area contributed by atoms with E-state index in [1.54, 1.807) is 0 Å². The monoisotopic (exact) mass is 383 g/mol. The van der Waals surface area contributed by atoms with Crippen LogP contribution in [0, 0.1) is 6.92 Å². The molecule has 3 aromatic carbocycles. The third-order valence-corrected chi connectivity index (χ3v) is 6.59. The molecular formula is C25H26BNO2. The Labute approximate surface area is 172 Å². The molecule has 4 aromatic rings. The van der Waals surface area contributed by atoms with Crippen LogP contribution in [0.2, 0.25) is 0 Å². The summed E-state index contributed by atoms with van der Waals surface area (Å²) >= 11 is 0. The Hall–Kier alpha value is -2.56. The van der Waals surface area contributed by atoms with Crippen LogP contribution in [0.4, 0.5) is 0 Å². The first-order valence-electron chi connectivity index (χ1n) is 10.2. The highest BCUT2D eigenvalue weighted by Gasteiger charge is 2.52. The molecule has 0 bridgehead atoms. The molecule has 146 valence electrons. The lowest BCUT2D eigenvalue weighted by Gasteiger charge is -2.32. The van der Waals surface area contributed by atoms with Crippen molar-refractivity contribution in [1.29, 1.82) is 0 Å². The summed E-state index contributed by atoms with van der Waals surface area (Å²) in [5, 5.41) is 2.57. The highest BCUT2D eigenvalue weighted by atomic mass is 16.7. The van der Waals surface area contributed by atoms with Crippen molar-refractivity contribution < 1.29 is 9.31 Å². The third kappa shape index (κ3) is 2.66. The SMILES string of the molecule is Cc1cccc2c1c1ccccc1n2-c1ccccc1B1OC(C)(C)C(C)(C)O1. The van der Waals surface area contributed by atoms with Crippen LogP contribution in [0.1, 0.15) is 33.3 Å². The zero-order valence-corrected chi connectivity index (χ0v) is 17.7. The number of para-hydroxylation sites is 2. The number of fused-ring (bicyclic) bond motifs is 3. The Morgan fingerprint density at radius 1 is 0.724 bits per heavy atom. The van der Waals surface area contributed by atoms with Gasteiger partial charge in [0.1, 0.15) is 0 Å². The fourth-order valence-corrected chi connectivity index (χ4v) is 4.32. The second-order valence-corrected chi connectivity index (χ2v) is 8.97. The van der Waals surface area contributed by atoms with Gasteiger partial charge < -0.3 is 13.9 Å². The average molecular weight is 383 g/mol. The van der Waals surface area contributed by atoms with Crippen molar-refractivity contribution in [1.82, 2.24) is 4.57 Å². The first-order chi connectivity index (χ1) is 13.8. The summed E-state index contributed by atoms with van der Waals surface area (Å²) < 4.78 is 15.1. The summed E-state index contributed by atoms with van der Waals surface area (Å²) in [6, 6.07) is 23.5. The second kappa shape index (κ2) is 6.22. The molecule has 0 atom stereocenters. The maximum atomic E-state index is 6.40. The van der Waals surface area contributed by atoms with Crippen LogP contribution < -0.4 is 5.46 Å². The Kier molecular flexibility index (Phi) is 3.96. The van der Waals surface area contributed by atoms with Gasteiger partial charge >= 0.3 is 7.12 Å². The molecule has 1 saturated heterocycles. The summed E-state index contributed by atoms with van der Waals surface area (Å²) in [5.74, 6) is 0. The van der Waals surface area contributed by atoms with Crippen molar-refractivity contribution in [3.8, 4) is 5.69 Å². The molecule has 0 radical (unpaired) electrons. The Bertz CT molecular complexity index is 1220. The zero-order chi connectivity index (χ0) is 20.4. The van der Waals surface area contributed by atoms with Crippen molar-refractivity contribution in [2.45, 2.75) is 45.8 Å². The third-order valence-electron chi connectivity index (χ3n) is 6.59. The molecule has 5 rings (SSSR count). The molecule has 0 amide bonds. The minimum Gasteiger partial charge on any atom is -0.399 e. The van der Waals surface area contributed by atoms with Gasteiger partial charge in [0, 0.05) is 21.9 Å². The minimum atomic E-state index is -0.405. The molecule has 0 spiro atoms. The van der Waals surface area contributed by atoms with Gasteiger partial charge in [0.25, 0.3) is 0 Å². The number of benzene rings is 3. The van der Waals surface area contributed by atoms with Crippen LogP contribution in [0.5, 0.6) is 0 Å². The molecule has 4 heteroatoms. The van der Waals surface area contributed by atoms with Gasteiger partial charge in [0.15, 0.2) is 0 Å². The van der Waals surface area contributed by atoms with Gasteiger partial charge in [0.05, 0.1) is 22.2 Å². The van der Waals surface area contributed by atoms with Crippen LogP contribution in [0.3, 0.4) is 0 Å². The number of aryl methyl sites for hydroxylation is 1. The van der Waals surface area contributed by atoms with E-state index in [-0.39, 0.29) is 11.2 Å². The Morgan fingerprint density at radius 2 is 1.34 bits per heavy atom. The molecule has 0 unspecified atom stereocenters.